The molecule has 3 rings (SSSR count). The van der Waals surface area contributed by atoms with Crippen molar-refractivity contribution in [1.29, 1.82) is 0 Å². The maximum Gasteiger partial charge on any atom is 0.169 e. The van der Waals surface area contributed by atoms with Gasteiger partial charge in [0.2, 0.25) is 0 Å². The molecular formula is C14H16BrN3O2. The van der Waals surface area contributed by atoms with Crippen LogP contribution in [0, 0.1) is 0 Å². The second kappa shape index (κ2) is 5.01. The molecule has 1 aromatic carbocycles. The van der Waals surface area contributed by atoms with Crippen LogP contribution in [0.4, 0.5) is 5.82 Å². The van der Waals surface area contributed by atoms with Gasteiger partial charge in [0, 0.05) is 22.6 Å². The van der Waals surface area contributed by atoms with E-state index in [2.05, 4.69) is 21.0 Å². The zero-order chi connectivity index (χ0) is 14.3. The Bertz CT molecular complexity index is 650. The van der Waals surface area contributed by atoms with E-state index in [-0.39, 0.29) is 6.10 Å². The number of rotatable bonds is 4. The average Bonchev–Trinajstić information content (AvgIpc) is 3.18. The third-order valence-corrected chi connectivity index (χ3v) is 3.78. The SMILES string of the molecule is COc1cc(Br)cc(-c2cnn(C)c2N)c1OC1CC1. The van der Waals surface area contributed by atoms with E-state index in [0.29, 0.717) is 11.6 Å². The Hall–Kier alpha value is -1.69. The summed E-state index contributed by atoms with van der Waals surface area (Å²) in [5.74, 6) is 2.04. The standard InChI is InChI=1S/C14H16BrN3O2/c1-18-14(16)11(7-17-18)10-5-8(15)6-12(19-2)13(10)20-9-3-4-9/h5-7,9H,3-4,16H2,1-2H3. The molecule has 2 N–H and O–H groups in total. The van der Waals surface area contributed by atoms with Gasteiger partial charge in [-0.05, 0) is 25.0 Å². The van der Waals surface area contributed by atoms with Gasteiger partial charge in [-0.2, -0.15) is 5.10 Å². The lowest BCUT2D eigenvalue weighted by Gasteiger charge is -2.15. The van der Waals surface area contributed by atoms with Crippen LogP contribution >= 0.6 is 15.9 Å². The van der Waals surface area contributed by atoms with E-state index in [4.69, 9.17) is 15.2 Å². The van der Waals surface area contributed by atoms with E-state index in [9.17, 15) is 0 Å². The van der Waals surface area contributed by atoms with E-state index in [1.165, 1.54) is 0 Å². The summed E-state index contributed by atoms with van der Waals surface area (Å²) < 4.78 is 14.0. The molecule has 0 aliphatic heterocycles. The highest BCUT2D eigenvalue weighted by molar-refractivity contribution is 9.10. The molecule has 20 heavy (non-hydrogen) atoms. The second-order valence-corrected chi connectivity index (χ2v) is 5.78. The van der Waals surface area contributed by atoms with E-state index in [0.717, 1.165) is 34.2 Å². The predicted molar refractivity (Wildman–Crippen MR) is 81.0 cm³/mol. The number of benzene rings is 1. The lowest BCUT2D eigenvalue weighted by atomic mass is 10.1. The number of nitrogens with two attached hydrogens (primary N) is 1. The zero-order valence-corrected chi connectivity index (χ0v) is 13.0. The van der Waals surface area contributed by atoms with Crippen LogP contribution in [-0.2, 0) is 7.05 Å². The number of anilines is 1. The Morgan fingerprint density at radius 2 is 2.10 bits per heavy atom. The van der Waals surface area contributed by atoms with Crippen molar-refractivity contribution in [3.63, 3.8) is 0 Å². The van der Waals surface area contributed by atoms with Crippen LogP contribution in [-0.4, -0.2) is 23.0 Å². The van der Waals surface area contributed by atoms with Gasteiger partial charge in [0.1, 0.15) is 5.82 Å². The molecule has 2 aromatic rings. The fourth-order valence-electron chi connectivity index (χ4n) is 2.05. The van der Waals surface area contributed by atoms with Crippen molar-refractivity contribution in [2.45, 2.75) is 18.9 Å². The second-order valence-electron chi connectivity index (χ2n) is 4.87. The molecule has 1 saturated carbocycles. The van der Waals surface area contributed by atoms with Gasteiger partial charge in [0.25, 0.3) is 0 Å². The first-order chi connectivity index (χ1) is 9.60. The Morgan fingerprint density at radius 1 is 1.35 bits per heavy atom. The van der Waals surface area contributed by atoms with Crippen molar-refractivity contribution in [3.8, 4) is 22.6 Å². The lowest BCUT2D eigenvalue weighted by molar-refractivity contribution is 0.283. The van der Waals surface area contributed by atoms with Gasteiger partial charge in [-0.1, -0.05) is 15.9 Å². The minimum Gasteiger partial charge on any atom is -0.493 e. The van der Waals surface area contributed by atoms with Gasteiger partial charge in [-0.3, -0.25) is 4.68 Å². The summed E-state index contributed by atoms with van der Waals surface area (Å²) in [6.45, 7) is 0. The average molecular weight is 338 g/mol. The Kier molecular flexibility index (Phi) is 3.33. The highest BCUT2D eigenvalue weighted by Crippen LogP contribution is 2.44. The first kappa shape index (κ1) is 13.3. The predicted octanol–water partition coefficient (Wildman–Crippen LogP) is 2.98. The van der Waals surface area contributed by atoms with Gasteiger partial charge >= 0.3 is 0 Å². The molecule has 1 fully saturated rings. The minimum absolute atomic E-state index is 0.279. The van der Waals surface area contributed by atoms with E-state index < -0.39 is 0 Å². The number of hydrogen-bond donors (Lipinski definition) is 1. The van der Waals surface area contributed by atoms with Gasteiger partial charge in [-0.25, -0.2) is 0 Å². The van der Waals surface area contributed by atoms with Crippen molar-refractivity contribution in [2.75, 3.05) is 12.8 Å². The summed E-state index contributed by atoms with van der Waals surface area (Å²) in [7, 11) is 3.45. The lowest BCUT2D eigenvalue weighted by Crippen LogP contribution is -2.02. The summed E-state index contributed by atoms with van der Waals surface area (Å²) in [6.07, 6.45) is 4.19. The smallest absolute Gasteiger partial charge is 0.169 e. The van der Waals surface area contributed by atoms with Gasteiger partial charge in [0.05, 0.1) is 19.4 Å². The highest BCUT2D eigenvalue weighted by Gasteiger charge is 2.27. The molecule has 1 aromatic heterocycles. The molecule has 0 saturated heterocycles. The molecule has 0 unspecified atom stereocenters. The summed E-state index contributed by atoms with van der Waals surface area (Å²) in [6, 6.07) is 3.88. The number of nitrogen functional groups attached to an aromatic ring is 1. The van der Waals surface area contributed by atoms with E-state index in [1.807, 2.05) is 19.2 Å². The topological polar surface area (TPSA) is 62.3 Å². The zero-order valence-electron chi connectivity index (χ0n) is 11.4. The van der Waals surface area contributed by atoms with Crippen LogP contribution < -0.4 is 15.2 Å². The van der Waals surface area contributed by atoms with Gasteiger partial charge in [0.15, 0.2) is 11.5 Å². The van der Waals surface area contributed by atoms with Gasteiger partial charge < -0.3 is 15.2 Å². The monoisotopic (exact) mass is 337 g/mol. The van der Waals surface area contributed by atoms with Crippen LogP contribution in [0.15, 0.2) is 22.8 Å². The van der Waals surface area contributed by atoms with Gasteiger partial charge in [-0.15, -0.1) is 0 Å². The van der Waals surface area contributed by atoms with Crippen LogP contribution in [0.2, 0.25) is 0 Å². The summed E-state index contributed by atoms with van der Waals surface area (Å²) in [5, 5.41) is 4.19. The highest BCUT2D eigenvalue weighted by atomic mass is 79.9. The first-order valence-corrected chi connectivity index (χ1v) is 7.21. The quantitative estimate of drug-likeness (QED) is 0.931. The molecular weight excluding hydrogens is 322 g/mol. The number of halogens is 1. The normalized spacial score (nSPS) is 14.3. The van der Waals surface area contributed by atoms with E-state index >= 15 is 0 Å². The summed E-state index contributed by atoms with van der Waals surface area (Å²) in [5.41, 5.74) is 7.83. The first-order valence-electron chi connectivity index (χ1n) is 6.42. The number of hydrogen-bond acceptors (Lipinski definition) is 4. The summed E-state index contributed by atoms with van der Waals surface area (Å²) >= 11 is 3.49. The van der Waals surface area contributed by atoms with Crippen molar-refractivity contribution in [2.24, 2.45) is 7.05 Å². The summed E-state index contributed by atoms with van der Waals surface area (Å²) in [4.78, 5) is 0. The number of aryl methyl sites for hydroxylation is 1. The molecule has 0 radical (unpaired) electrons. The van der Waals surface area contributed by atoms with Crippen molar-refractivity contribution < 1.29 is 9.47 Å². The molecule has 1 aliphatic carbocycles. The molecule has 6 heteroatoms. The van der Waals surface area contributed by atoms with Crippen molar-refractivity contribution in [1.82, 2.24) is 9.78 Å². The molecule has 0 atom stereocenters. The third kappa shape index (κ3) is 2.35. The molecule has 0 bridgehead atoms. The van der Waals surface area contributed by atoms with Crippen molar-refractivity contribution in [3.05, 3.63) is 22.8 Å². The maximum absolute atomic E-state index is 6.08. The van der Waals surface area contributed by atoms with Crippen LogP contribution in [0.1, 0.15) is 12.8 Å². The Labute approximate surface area is 125 Å². The van der Waals surface area contributed by atoms with E-state index in [1.54, 1.807) is 18.0 Å². The minimum atomic E-state index is 0.279. The number of ether oxygens (including phenoxy) is 2. The molecule has 1 heterocycles. The number of nitrogens with zero attached hydrogens (tertiary/aromatic N) is 2. The molecule has 106 valence electrons. The fourth-order valence-corrected chi connectivity index (χ4v) is 2.49. The largest absolute Gasteiger partial charge is 0.493 e. The number of aromatic nitrogens is 2. The molecule has 5 nitrogen and oxygen atoms in total. The third-order valence-electron chi connectivity index (χ3n) is 3.32. The molecule has 1 aliphatic rings. The van der Waals surface area contributed by atoms with Crippen LogP contribution in [0.3, 0.4) is 0 Å². The van der Waals surface area contributed by atoms with Crippen molar-refractivity contribution >= 4 is 21.7 Å². The Balaban J connectivity index is 2.16. The van der Waals surface area contributed by atoms with Crippen LogP contribution in [0.5, 0.6) is 11.5 Å². The molecule has 0 amide bonds. The molecule has 0 spiro atoms. The fraction of sp³-hybridized carbons (Fsp3) is 0.357. The van der Waals surface area contributed by atoms with Crippen LogP contribution in [0.25, 0.3) is 11.1 Å². The maximum atomic E-state index is 6.08. The Morgan fingerprint density at radius 3 is 2.65 bits per heavy atom. The number of methoxy groups -OCH3 is 1.